The van der Waals surface area contributed by atoms with Crippen molar-refractivity contribution in [3.8, 4) is 0 Å². The fourth-order valence-electron chi connectivity index (χ4n) is 2.02. The lowest BCUT2D eigenvalue weighted by molar-refractivity contribution is 0.191. The number of hydrogen-bond donors (Lipinski definition) is 1. The van der Waals surface area contributed by atoms with E-state index in [-0.39, 0.29) is 0 Å². The average Bonchev–Trinajstić information content (AvgIpc) is 2.82. The van der Waals surface area contributed by atoms with Crippen LogP contribution in [0.4, 0.5) is 0 Å². The molecule has 3 rings (SSSR count). The Balaban J connectivity index is 2.06. The van der Waals surface area contributed by atoms with Crippen molar-refractivity contribution < 1.29 is 9.52 Å². The molecule has 1 unspecified atom stereocenters. The van der Waals surface area contributed by atoms with E-state index in [9.17, 15) is 5.11 Å². The van der Waals surface area contributed by atoms with E-state index in [4.69, 9.17) is 16.0 Å². The number of aliphatic hydroxyl groups excluding tert-OH is 1. The van der Waals surface area contributed by atoms with Crippen molar-refractivity contribution in [1.29, 1.82) is 0 Å². The van der Waals surface area contributed by atoms with Crippen LogP contribution in [0.1, 0.15) is 17.4 Å². The number of furan rings is 1. The molecule has 0 aliphatic heterocycles. The Bertz CT molecular complexity index is 670. The largest absolute Gasteiger partial charge is 0.465 e. The maximum Gasteiger partial charge on any atom is 0.144 e. The second-order valence-electron chi connectivity index (χ2n) is 4.14. The molecule has 1 N–H and O–H groups in total. The van der Waals surface area contributed by atoms with Crippen LogP contribution in [0.25, 0.3) is 10.8 Å². The summed E-state index contributed by atoms with van der Waals surface area (Å²) in [7, 11) is 0. The third-order valence-corrected chi connectivity index (χ3v) is 3.23. The van der Waals surface area contributed by atoms with Crippen molar-refractivity contribution in [3.05, 3.63) is 71.1 Å². The lowest BCUT2D eigenvalue weighted by Gasteiger charge is -2.08. The third kappa shape index (κ3) is 1.90. The Kier molecular flexibility index (Phi) is 2.82. The molecule has 0 aliphatic rings. The minimum Gasteiger partial charge on any atom is -0.465 e. The zero-order valence-corrected chi connectivity index (χ0v) is 10.3. The van der Waals surface area contributed by atoms with Gasteiger partial charge in [-0.25, -0.2) is 0 Å². The zero-order chi connectivity index (χ0) is 12.5. The third-order valence-electron chi connectivity index (χ3n) is 2.97. The molecule has 1 atom stereocenters. The van der Waals surface area contributed by atoms with Gasteiger partial charge in [-0.15, -0.1) is 0 Å². The molecule has 0 radical (unpaired) electrons. The van der Waals surface area contributed by atoms with Gasteiger partial charge in [-0.2, -0.15) is 0 Å². The SMILES string of the molecule is OC(c1ccc(Cl)cc1)c1occ2ccccc12. The van der Waals surface area contributed by atoms with Gasteiger partial charge in [0.25, 0.3) is 0 Å². The van der Waals surface area contributed by atoms with Crippen molar-refractivity contribution in [3.63, 3.8) is 0 Å². The normalized spacial score (nSPS) is 12.8. The second kappa shape index (κ2) is 4.48. The highest BCUT2D eigenvalue weighted by atomic mass is 35.5. The molecule has 18 heavy (non-hydrogen) atoms. The van der Waals surface area contributed by atoms with Crippen molar-refractivity contribution in [2.75, 3.05) is 0 Å². The summed E-state index contributed by atoms with van der Waals surface area (Å²) < 4.78 is 5.48. The number of rotatable bonds is 2. The van der Waals surface area contributed by atoms with Crippen LogP contribution in [0.2, 0.25) is 5.02 Å². The summed E-state index contributed by atoms with van der Waals surface area (Å²) in [6.07, 6.45) is 0.881. The molecule has 3 aromatic rings. The van der Waals surface area contributed by atoms with Gasteiger partial charge in [0.1, 0.15) is 11.9 Å². The summed E-state index contributed by atoms with van der Waals surface area (Å²) >= 11 is 5.83. The van der Waals surface area contributed by atoms with E-state index >= 15 is 0 Å². The molecule has 3 heteroatoms. The van der Waals surface area contributed by atoms with E-state index in [0.29, 0.717) is 10.8 Å². The number of hydrogen-bond acceptors (Lipinski definition) is 2. The lowest BCUT2D eigenvalue weighted by Crippen LogP contribution is -1.98. The minimum atomic E-state index is -0.776. The highest BCUT2D eigenvalue weighted by molar-refractivity contribution is 6.30. The number of fused-ring (bicyclic) bond motifs is 1. The fourth-order valence-corrected chi connectivity index (χ4v) is 2.15. The summed E-state index contributed by atoms with van der Waals surface area (Å²) in [5.74, 6) is 0.563. The molecule has 2 aromatic carbocycles. The van der Waals surface area contributed by atoms with Gasteiger partial charge in [0.15, 0.2) is 0 Å². The van der Waals surface area contributed by atoms with Gasteiger partial charge >= 0.3 is 0 Å². The number of aliphatic hydroxyl groups is 1. The Hall–Kier alpha value is -1.77. The van der Waals surface area contributed by atoms with Crippen molar-refractivity contribution in [1.82, 2.24) is 0 Å². The summed E-state index contributed by atoms with van der Waals surface area (Å²) in [6.45, 7) is 0. The van der Waals surface area contributed by atoms with Gasteiger partial charge < -0.3 is 9.52 Å². The first-order chi connectivity index (χ1) is 8.75. The van der Waals surface area contributed by atoms with Crippen LogP contribution >= 0.6 is 11.6 Å². The Morgan fingerprint density at radius 1 is 1.00 bits per heavy atom. The maximum atomic E-state index is 10.3. The molecule has 0 spiro atoms. The zero-order valence-electron chi connectivity index (χ0n) is 9.51. The van der Waals surface area contributed by atoms with Crippen molar-refractivity contribution in [2.24, 2.45) is 0 Å². The quantitative estimate of drug-likeness (QED) is 0.748. The van der Waals surface area contributed by atoms with E-state index in [1.807, 2.05) is 24.3 Å². The molecule has 90 valence electrons. The highest BCUT2D eigenvalue weighted by Gasteiger charge is 2.17. The summed E-state index contributed by atoms with van der Waals surface area (Å²) in [5, 5.41) is 12.9. The van der Waals surface area contributed by atoms with E-state index < -0.39 is 6.10 Å². The molecular formula is C15H11ClO2. The molecule has 1 aromatic heterocycles. The van der Waals surface area contributed by atoms with Crippen molar-refractivity contribution >= 4 is 22.4 Å². The first kappa shape index (κ1) is 11.3. The van der Waals surface area contributed by atoms with E-state index in [1.165, 1.54) is 0 Å². The molecule has 0 saturated carbocycles. The summed E-state index contributed by atoms with van der Waals surface area (Å²) in [6, 6.07) is 14.9. The first-order valence-corrected chi connectivity index (χ1v) is 6.03. The monoisotopic (exact) mass is 258 g/mol. The van der Waals surface area contributed by atoms with Crippen molar-refractivity contribution in [2.45, 2.75) is 6.10 Å². The van der Waals surface area contributed by atoms with Crippen LogP contribution < -0.4 is 0 Å². The Morgan fingerprint density at radius 3 is 2.50 bits per heavy atom. The smallest absolute Gasteiger partial charge is 0.144 e. The Morgan fingerprint density at radius 2 is 1.72 bits per heavy atom. The minimum absolute atomic E-state index is 0.563. The van der Waals surface area contributed by atoms with Gasteiger partial charge in [0, 0.05) is 15.8 Å². The van der Waals surface area contributed by atoms with Crippen LogP contribution in [0, 0.1) is 0 Å². The number of benzene rings is 2. The molecule has 0 bridgehead atoms. The predicted molar refractivity (Wildman–Crippen MR) is 71.7 cm³/mol. The molecular weight excluding hydrogens is 248 g/mol. The molecule has 0 amide bonds. The predicted octanol–water partition coefficient (Wildman–Crippen LogP) is 4.17. The second-order valence-corrected chi connectivity index (χ2v) is 4.58. The van der Waals surface area contributed by atoms with E-state index in [1.54, 1.807) is 30.5 Å². The average molecular weight is 259 g/mol. The summed E-state index contributed by atoms with van der Waals surface area (Å²) in [5.41, 5.74) is 0.763. The molecule has 2 nitrogen and oxygen atoms in total. The maximum absolute atomic E-state index is 10.3. The Labute approximate surface area is 109 Å². The van der Waals surface area contributed by atoms with Gasteiger partial charge in [-0.1, -0.05) is 48.0 Å². The van der Waals surface area contributed by atoms with Crippen LogP contribution in [0.5, 0.6) is 0 Å². The lowest BCUT2D eigenvalue weighted by atomic mass is 10.0. The van der Waals surface area contributed by atoms with Crippen LogP contribution in [-0.4, -0.2) is 5.11 Å². The molecule has 1 heterocycles. The van der Waals surface area contributed by atoms with Gasteiger partial charge in [0.2, 0.25) is 0 Å². The van der Waals surface area contributed by atoms with Gasteiger partial charge in [-0.05, 0) is 17.7 Å². The molecule has 0 aliphatic carbocycles. The topological polar surface area (TPSA) is 33.4 Å². The van der Waals surface area contributed by atoms with Crippen LogP contribution in [0.3, 0.4) is 0 Å². The molecule has 0 saturated heterocycles. The standard InChI is InChI=1S/C15H11ClO2/c16-12-7-5-10(6-8-12)14(17)15-13-4-2-1-3-11(13)9-18-15/h1-9,14,17H. The van der Waals surface area contributed by atoms with Crippen LogP contribution in [-0.2, 0) is 0 Å². The van der Waals surface area contributed by atoms with Gasteiger partial charge in [0.05, 0.1) is 6.26 Å². The van der Waals surface area contributed by atoms with E-state index in [0.717, 1.165) is 16.3 Å². The fraction of sp³-hybridized carbons (Fsp3) is 0.0667. The van der Waals surface area contributed by atoms with Crippen LogP contribution in [0.15, 0.2) is 59.2 Å². The number of halogens is 1. The highest BCUT2D eigenvalue weighted by Crippen LogP contribution is 2.30. The molecule has 0 fully saturated rings. The summed E-state index contributed by atoms with van der Waals surface area (Å²) in [4.78, 5) is 0. The van der Waals surface area contributed by atoms with Gasteiger partial charge in [-0.3, -0.25) is 0 Å². The first-order valence-electron chi connectivity index (χ1n) is 5.65. The van der Waals surface area contributed by atoms with E-state index in [2.05, 4.69) is 0 Å².